The van der Waals surface area contributed by atoms with Crippen molar-refractivity contribution in [2.45, 2.75) is 31.2 Å². The number of para-hydroxylation sites is 1. The molecular formula is C25H25Cl2N3O4S. The number of nitrogens with one attached hydrogen (secondary N) is 2. The molecule has 0 unspecified atom stereocenters. The largest absolute Gasteiger partial charge is 0.350 e. The molecule has 3 rings (SSSR count). The number of anilines is 2. The molecular weight excluding hydrogens is 509 g/mol. The van der Waals surface area contributed by atoms with E-state index in [2.05, 4.69) is 10.6 Å². The number of halogens is 2. The van der Waals surface area contributed by atoms with Gasteiger partial charge in [0.15, 0.2) is 0 Å². The summed E-state index contributed by atoms with van der Waals surface area (Å²) in [6.45, 7) is 3.22. The van der Waals surface area contributed by atoms with Gasteiger partial charge in [0.05, 0.1) is 31.9 Å². The minimum atomic E-state index is -4.18. The molecule has 7 nitrogen and oxygen atoms in total. The first kappa shape index (κ1) is 26.5. The van der Waals surface area contributed by atoms with Crippen LogP contribution in [0.3, 0.4) is 0 Å². The van der Waals surface area contributed by atoms with Crippen LogP contribution in [0.2, 0.25) is 10.0 Å². The number of nitrogens with zero attached hydrogens (tertiary/aromatic N) is 1. The van der Waals surface area contributed by atoms with Crippen LogP contribution in [0.25, 0.3) is 0 Å². The normalized spacial score (nSPS) is 12.0. The second-order valence-electron chi connectivity index (χ2n) is 7.77. The second kappa shape index (κ2) is 11.6. The highest BCUT2D eigenvalue weighted by Crippen LogP contribution is 2.35. The van der Waals surface area contributed by atoms with E-state index in [0.717, 1.165) is 10.7 Å². The van der Waals surface area contributed by atoms with Crippen molar-refractivity contribution in [3.63, 3.8) is 0 Å². The smallest absolute Gasteiger partial charge is 0.264 e. The number of carbonyl (C=O) groups is 2. The van der Waals surface area contributed by atoms with Crippen molar-refractivity contribution in [2.75, 3.05) is 16.2 Å². The van der Waals surface area contributed by atoms with Crippen LogP contribution in [0.5, 0.6) is 0 Å². The number of benzene rings is 3. The number of hydrogen-bond acceptors (Lipinski definition) is 4. The van der Waals surface area contributed by atoms with Gasteiger partial charge in [0.1, 0.15) is 6.54 Å². The van der Waals surface area contributed by atoms with Crippen molar-refractivity contribution in [1.29, 1.82) is 0 Å². The monoisotopic (exact) mass is 533 g/mol. The van der Waals surface area contributed by atoms with Gasteiger partial charge in [-0.2, -0.15) is 0 Å². The minimum absolute atomic E-state index is 0.00481. The zero-order valence-electron chi connectivity index (χ0n) is 19.2. The molecule has 10 heteroatoms. The Morgan fingerprint density at radius 1 is 0.943 bits per heavy atom. The van der Waals surface area contributed by atoms with Crippen LogP contribution in [0.4, 0.5) is 11.4 Å². The van der Waals surface area contributed by atoms with Gasteiger partial charge in [-0.15, -0.1) is 0 Å². The Balaban J connectivity index is 1.95. The topological polar surface area (TPSA) is 95.6 Å². The summed E-state index contributed by atoms with van der Waals surface area (Å²) in [5, 5.41) is 5.65. The van der Waals surface area contributed by atoms with Crippen LogP contribution in [0, 0.1) is 0 Å². The number of rotatable bonds is 9. The highest BCUT2D eigenvalue weighted by atomic mass is 35.5. The third-order valence-corrected chi connectivity index (χ3v) is 7.84. The zero-order valence-corrected chi connectivity index (χ0v) is 21.5. The van der Waals surface area contributed by atoms with Crippen molar-refractivity contribution >= 4 is 56.4 Å². The first-order chi connectivity index (χ1) is 16.6. The van der Waals surface area contributed by atoms with E-state index in [1.54, 1.807) is 48.5 Å². The molecule has 2 amide bonds. The molecule has 0 fully saturated rings. The zero-order chi connectivity index (χ0) is 25.6. The molecule has 184 valence electrons. The summed E-state index contributed by atoms with van der Waals surface area (Å²) in [5.41, 5.74) is 0.577. The van der Waals surface area contributed by atoms with Gasteiger partial charge in [0.2, 0.25) is 5.91 Å². The van der Waals surface area contributed by atoms with E-state index in [4.69, 9.17) is 23.2 Å². The SMILES string of the molecule is CC[C@H](C)NC(=O)c1ccccc1NC(=O)CN(c1cccc(Cl)c1Cl)S(=O)(=O)c1ccccc1. The van der Waals surface area contributed by atoms with Crippen LogP contribution in [-0.4, -0.2) is 32.8 Å². The molecule has 0 spiro atoms. The lowest BCUT2D eigenvalue weighted by atomic mass is 10.1. The summed E-state index contributed by atoms with van der Waals surface area (Å²) in [6, 6.07) is 18.7. The molecule has 0 aliphatic heterocycles. The van der Waals surface area contributed by atoms with Crippen molar-refractivity contribution in [2.24, 2.45) is 0 Å². The maximum atomic E-state index is 13.5. The predicted molar refractivity (Wildman–Crippen MR) is 140 cm³/mol. The summed E-state index contributed by atoms with van der Waals surface area (Å²) in [5.74, 6) is -1.01. The van der Waals surface area contributed by atoms with E-state index >= 15 is 0 Å². The average Bonchev–Trinajstić information content (AvgIpc) is 2.85. The maximum Gasteiger partial charge on any atom is 0.264 e. The highest BCUT2D eigenvalue weighted by molar-refractivity contribution is 7.92. The Bertz CT molecular complexity index is 1320. The fraction of sp³-hybridized carbons (Fsp3) is 0.200. The van der Waals surface area contributed by atoms with Gasteiger partial charge < -0.3 is 10.6 Å². The Hall–Kier alpha value is -3.07. The first-order valence-electron chi connectivity index (χ1n) is 10.9. The standard InChI is InChI=1S/C25H25Cl2N3O4S/c1-3-17(2)28-25(32)19-12-7-8-14-21(19)29-23(31)16-30(22-15-9-13-20(26)24(22)27)35(33,34)18-10-5-4-6-11-18/h4-15,17H,3,16H2,1-2H3,(H,28,32)(H,29,31)/t17-/m0/s1. The molecule has 0 aliphatic carbocycles. The molecule has 3 aromatic rings. The summed E-state index contributed by atoms with van der Waals surface area (Å²) >= 11 is 12.5. The van der Waals surface area contributed by atoms with E-state index < -0.39 is 22.5 Å². The Morgan fingerprint density at radius 3 is 2.29 bits per heavy atom. The molecule has 1 atom stereocenters. The lowest BCUT2D eigenvalue weighted by Gasteiger charge is -2.25. The molecule has 35 heavy (non-hydrogen) atoms. The molecule has 0 heterocycles. The van der Waals surface area contributed by atoms with Crippen molar-refractivity contribution in [1.82, 2.24) is 5.32 Å². The van der Waals surface area contributed by atoms with E-state index in [1.807, 2.05) is 13.8 Å². The van der Waals surface area contributed by atoms with Crippen molar-refractivity contribution in [3.8, 4) is 0 Å². The number of hydrogen-bond donors (Lipinski definition) is 2. The van der Waals surface area contributed by atoms with Crippen molar-refractivity contribution in [3.05, 3.63) is 88.4 Å². The first-order valence-corrected chi connectivity index (χ1v) is 13.1. The van der Waals surface area contributed by atoms with Crippen LogP contribution in [0.1, 0.15) is 30.6 Å². The van der Waals surface area contributed by atoms with Crippen molar-refractivity contribution < 1.29 is 18.0 Å². The van der Waals surface area contributed by atoms with Gasteiger partial charge in [-0.25, -0.2) is 8.42 Å². The van der Waals surface area contributed by atoms with E-state index in [1.165, 1.54) is 24.3 Å². The Kier molecular flexibility index (Phi) is 8.77. The molecule has 0 aromatic heterocycles. The summed E-state index contributed by atoms with van der Waals surface area (Å²) in [7, 11) is -4.18. The van der Waals surface area contributed by atoms with Gasteiger partial charge >= 0.3 is 0 Å². The van der Waals surface area contributed by atoms with E-state index in [-0.39, 0.29) is 43.8 Å². The molecule has 0 radical (unpaired) electrons. The lowest BCUT2D eigenvalue weighted by Crippen LogP contribution is -2.39. The maximum absolute atomic E-state index is 13.5. The summed E-state index contributed by atoms with van der Waals surface area (Å²) in [4.78, 5) is 25.8. The number of carbonyl (C=O) groups excluding carboxylic acids is 2. The van der Waals surface area contributed by atoms with E-state index in [9.17, 15) is 18.0 Å². The Morgan fingerprint density at radius 2 is 1.60 bits per heavy atom. The lowest BCUT2D eigenvalue weighted by molar-refractivity contribution is -0.114. The predicted octanol–water partition coefficient (Wildman–Crippen LogP) is 5.36. The van der Waals surface area contributed by atoms with Gasteiger partial charge in [-0.1, -0.05) is 66.5 Å². The minimum Gasteiger partial charge on any atom is -0.350 e. The quantitative estimate of drug-likeness (QED) is 0.387. The summed E-state index contributed by atoms with van der Waals surface area (Å²) < 4.78 is 27.9. The number of amides is 2. The van der Waals surface area contributed by atoms with Gasteiger partial charge in [-0.3, -0.25) is 13.9 Å². The number of sulfonamides is 1. The Labute approximate surface area is 215 Å². The molecule has 3 aromatic carbocycles. The van der Waals surface area contributed by atoms with Crippen LogP contribution in [0.15, 0.2) is 77.7 Å². The van der Waals surface area contributed by atoms with Crippen LogP contribution < -0.4 is 14.9 Å². The van der Waals surface area contributed by atoms with E-state index in [0.29, 0.717) is 0 Å². The fourth-order valence-corrected chi connectivity index (χ4v) is 5.12. The van der Waals surface area contributed by atoms with Gasteiger partial charge in [0.25, 0.3) is 15.9 Å². The average molecular weight is 534 g/mol. The van der Waals surface area contributed by atoms with Gasteiger partial charge in [-0.05, 0) is 49.7 Å². The van der Waals surface area contributed by atoms with Crippen LogP contribution >= 0.6 is 23.2 Å². The summed E-state index contributed by atoms with van der Waals surface area (Å²) in [6.07, 6.45) is 0.743. The highest BCUT2D eigenvalue weighted by Gasteiger charge is 2.29. The van der Waals surface area contributed by atoms with Crippen LogP contribution in [-0.2, 0) is 14.8 Å². The molecule has 2 N–H and O–H groups in total. The molecule has 0 aliphatic rings. The second-order valence-corrected chi connectivity index (χ2v) is 10.4. The molecule has 0 saturated heterocycles. The third-order valence-electron chi connectivity index (χ3n) is 5.25. The molecule has 0 saturated carbocycles. The third kappa shape index (κ3) is 6.33. The molecule has 0 bridgehead atoms. The fourth-order valence-electron chi connectivity index (χ4n) is 3.22. The van der Waals surface area contributed by atoms with Gasteiger partial charge in [0, 0.05) is 6.04 Å².